The number of rotatable bonds is 4. The molecule has 0 radical (unpaired) electrons. The second-order valence-electron chi connectivity index (χ2n) is 4.09. The fraction of sp³-hybridized carbons (Fsp3) is 0.357. The predicted octanol–water partition coefficient (Wildman–Crippen LogP) is 2.29. The first kappa shape index (κ1) is 17.4. The Morgan fingerprint density at radius 1 is 1.43 bits per heavy atom. The molecule has 21 heavy (non-hydrogen) atoms. The monoisotopic (exact) mass is 316 g/mol. The van der Waals surface area contributed by atoms with Crippen LogP contribution in [0.3, 0.4) is 0 Å². The molecular formula is C14H15F3N2OS. The number of amides is 1. The number of aryl methyl sites for hydroxylation is 1. The van der Waals surface area contributed by atoms with E-state index in [1.165, 1.54) is 0 Å². The van der Waals surface area contributed by atoms with Gasteiger partial charge >= 0.3 is 5.51 Å². The van der Waals surface area contributed by atoms with Gasteiger partial charge in [-0.05, 0) is 36.4 Å². The molecule has 0 spiro atoms. The Kier molecular flexibility index (Phi) is 6.59. The number of hydrogen-bond acceptors (Lipinski definition) is 3. The van der Waals surface area contributed by atoms with Gasteiger partial charge in [0.15, 0.2) is 0 Å². The van der Waals surface area contributed by atoms with Crippen molar-refractivity contribution in [2.45, 2.75) is 12.4 Å². The molecule has 7 heteroatoms. The molecule has 3 N–H and O–H groups in total. The van der Waals surface area contributed by atoms with Gasteiger partial charge in [-0.2, -0.15) is 13.2 Å². The van der Waals surface area contributed by atoms with E-state index in [9.17, 15) is 18.0 Å². The minimum atomic E-state index is -4.28. The summed E-state index contributed by atoms with van der Waals surface area (Å²) in [6.07, 6.45) is 0. The van der Waals surface area contributed by atoms with E-state index in [0.29, 0.717) is 11.1 Å². The van der Waals surface area contributed by atoms with Gasteiger partial charge < -0.3 is 11.1 Å². The lowest BCUT2D eigenvalue weighted by Crippen LogP contribution is -2.26. The Hall–Kier alpha value is -1.65. The van der Waals surface area contributed by atoms with Gasteiger partial charge in [-0.25, -0.2) is 0 Å². The normalized spacial score (nSPS) is 10.7. The van der Waals surface area contributed by atoms with Gasteiger partial charge in [0.1, 0.15) is 0 Å². The summed E-state index contributed by atoms with van der Waals surface area (Å²) in [6, 6.07) is 4.94. The maximum atomic E-state index is 11.9. The minimum absolute atomic E-state index is 0.0549. The van der Waals surface area contributed by atoms with Crippen molar-refractivity contribution in [2.24, 2.45) is 5.73 Å². The van der Waals surface area contributed by atoms with Gasteiger partial charge in [-0.3, -0.25) is 4.79 Å². The van der Waals surface area contributed by atoms with Crippen LogP contribution in [0.1, 0.15) is 21.5 Å². The highest BCUT2D eigenvalue weighted by atomic mass is 32.2. The van der Waals surface area contributed by atoms with Crippen LogP contribution in [0, 0.1) is 18.8 Å². The highest BCUT2D eigenvalue weighted by Crippen LogP contribution is 2.29. The molecule has 114 valence electrons. The number of carbonyl (C=O) groups is 1. The lowest BCUT2D eigenvalue weighted by molar-refractivity contribution is -0.0327. The number of alkyl halides is 3. The van der Waals surface area contributed by atoms with Crippen molar-refractivity contribution in [1.29, 1.82) is 0 Å². The molecule has 1 rings (SSSR count). The van der Waals surface area contributed by atoms with E-state index < -0.39 is 11.4 Å². The summed E-state index contributed by atoms with van der Waals surface area (Å²) in [7, 11) is 0. The molecule has 1 aromatic carbocycles. The first-order valence-corrected chi connectivity index (χ1v) is 7.10. The third-order valence-electron chi connectivity index (χ3n) is 2.48. The average molecular weight is 316 g/mol. The summed E-state index contributed by atoms with van der Waals surface area (Å²) >= 11 is -0.164. The first-order valence-electron chi connectivity index (χ1n) is 6.12. The molecule has 1 amide bonds. The first-order chi connectivity index (χ1) is 9.83. The average Bonchev–Trinajstić information content (AvgIpc) is 2.41. The molecule has 0 saturated carbocycles. The molecule has 0 heterocycles. The van der Waals surface area contributed by atoms with Crippen molar-refractivity contribution < 1.29 is 18.0 Å². The van der Waals surface area contributed by atoms with E-state index in [1.54, 1.807) is 18.2 Å². The smallest absolute Gasteiger partial charge is 0.351 e. The number of hydrogen-bond donors (Lipinski definition) is 2. The fourth-order valence-electron chi connectivity index (χ4n) is 1.48. The summed E-state index contributed by atoms with van der Waals surface area (Å²) in [6.45, 7) is 2.01. The van der Waals surface area contributed by atoms with Gasteiger partial charge in [0, 0.05) is 23.4 Å². The Bertz CT molecular complexity index is 562. The lowest BCUT2D eigenvalue weighted by atomic mass is 10.0. The van der Waals surface area contributed by atoms with Crippen LogP contribution < -0.4 is 11.1 Å². The molecule has 0 aliphatic heterocycles. The van der Waals surface area contributed by atoms with Crippen LogP contribution in [-0.4, -0.2) is 30.3 Å². The standard InChI is InChI=1S/C14H15F3N2OS/c1-10-4-5-12(9-11(10)3-2-6-18)13(20)19-7-8-21-14(15,16)17/h4-5,9H,6-8,18H2,1H3,(H,19,20). The van der Waals surface area contributed by atoms with Crippen LogP contribution in [0.2, 0.25) is 0 Å². The van der Waals surface area contributed by atoms with E-state index in [4.69, 9.17) is 5.73 Å². The lowest BCUT2D eigenvalue weighted by Gasteiger charge is -2.08. The summed E-state index contributed by atoms with van der Waals surface area (Å²) in [5.74, 6) is 4.90. The van der Waals surface area contributed by atoms with Crippen molar-refractivity contribution in [1.82, 2.24) is 5.32 Å². The Morgan fingerprint density at radius 2 is 2.14 bits per heavy atom. The summed E-state index contributed by atoms with van der Waals surface area (Å²) in [4.78, 5) is 11.8. The summed E-state index contributed by atoms with van der Waals surface area (Å²) in [5.41, 5.74) is 2.96. The van der Waals surface area contributed by atoms with Crippen molar-refractivity contribution in [3.05, 3.63) is 34.9 Å². The fourth-order valence-corrected chi connectivity index (χ4v) is 1.91. The molecule has 0 aliphatic rings. The Labute approximate surface area is 125 Å². The maximum absolute atomic E-state index is 11.9. The molecule has 0 fully saturated rings. The van der Waals surface area contributed by atoms with Crippen LogP contribution in [0.4, 0.5) is 13.2 Å². The third-order valence-corrected chi connectivity index (χ3v) is 3.21. The van der Waals surface area contributed by atoms with Gasteiger partial charge in [-0.15, -0.1) is 0 Å². The molecule has 0 aliphatic carbocycles. The number of halogens is 3. The third kappa shape index (κ3) is 6.56. The van der Waals surface area contributed by atoms with Gasteiger partial charge in [0.05, 0.1) is 6.54 Å². The zero-order valence-electron chi connectivity index (χ0n) is 11.4. The highest BCUT2D eigenvalue weighted by Gasteiger charge is 2.27. The van der Waals surface area contributed by atoms with Crippen LogP contribution >= 0.6 is 11.8 Å². The largest absolute Gasteiger partial charge is 0.441 e. The van der Waals surface area contributed by atoms with E-state index in [0.717, 1.165) is 5.56 Å². The molecule has 0 saturated heterocycles. The maximum Gasteiger partial charge on any atom is 0.441 e. The van der Waals surface area contributed by atoms with E-state index >= 15 is 0 Å². The van der Waals surface area contributed by atoms with Crippen LogP contribution in [-0.2, 0) is 0 Å². The van der Waals surface area contributed by atoms with Crippen molar-refractivity contribution in [2.75, 3.05) is 18.8 Å². The van der Waals surface area contributed by atoms with Gasteiger partial charge in [0.25, 0.3) is 5.91 Å². The Morgan fingerprint density at radius 3 is 2.76 bits per heavy atom. The number of carbonyl (C=O) groups excluding carboxylic acids is 1. The molecule has 0 aromatic heterocycles. The van der Waals surface area contributed by atoms with E-state index in [1.807, 2.05) is 6.92 Å². The molecular weight excluding hydrogens is 301 g/mol. The Balaban J connectivity index is 2.62. The zero-order chi connectivity index (χ0) is 15.9. The van der Waals surface area contributed by atoms with Crippen LogP contribution in [0.25, 0.3) is 0 Å². The minimum Gasteiger partial charge on any atom is -0.351 e. The highest BCUT2D eigenvalue weighted by molar-refractivity contribution is 8.00. The molecule has 3 nitrogen and oxygen atoms in total. The van der Waals surface area contributed by atoms with Crippen molar-refractivity contribution >= 4 is 17.7 Å². The van der Waals surface area contributed by atoms with Crippen molar-refractivity contribution in [3.63, 3.8) is 0 Å². The van der Waals surface area contributed by atoms with E-state index in [-0.39, 0.29) is 30.6 Å². The summed E-state index contributed by atoms with van der Waals surface area (Å²) < 4.78 is 35.8. The SMILES string of the molecule is Cc1ccc(C(=O)NCCSC(F)(F)F)cc1C#CCN. The second kappa shape index (κ2) is 7.96. The molecule has 0 unspecified atom stereocenters. The zero-order valence-corrected chi connectivity index (χ0v) is 12.2. The number of benzene rings is 1. The summed E-state index contributed by atoms with van der Waals surface area (Å²) in [5, 5.41) is 2.44. The second-order valence-corrected chi connectivity index (χ2v) is 5.25. The van der Waals surface area contributed by atoms with E-state index in [2.05, 4.69) is 17.2 Å². The quantitative estimate of drug-likeness (QED) is 0.662. The number of nitrogens with two attached hydrogens (primary N) is 1. The van der Waals surface area contributed by atoms with Crippen LogP contribution in [0.5, 0.6) is 0 Å². The predicted molar refractivity (Wildman–Crippen MR) is 78.0 cm³/mol. The van der Waals surface area contributed by atoms with Crippen molar-refractivity contribution in [3.8, 4) is 11.8 Å². The van der Waals surface area contributed by atoms with Crippen LogP contribution in [0.15, 0.2) is 18.2 Å². The molecule has 1 aromatic rings. The van der Waals surface area contributed by atoms with Gasteiger partial charge in [0.2, 0.25) is 0 Å². The molecule has 0 atom stereocenters. The number of thioether (sulfide) groups is 1. The topological polar surface area (TPSA) is 55.1 Å². The molecule has 0 bridgehead atoms. The number of nitrogens with one attached hydrogen (secondary N) is 1. The van der Waals surface area contributed by atoms with Gasteiger partial charge in [-0.1, -0.05) is 17.9 Å².